The summed E-state index contributed by atoms with van der Waals surface area (Å²) in [7, 11) is 0. The molecule has 3 aromatic rings. The third-order valence-corrected chi connectivity index (χ3v) is 5.42. The van der Waals surface area contributed by atoms with Crippen molar-refractivity contribution >= 4 is 27.9 Å². The second kappa shape index (κ2) is 7.64. The fourth-order valence-corrected chi connectivity index (χ4v) is 3.59. The van der Waals surface area contributed by atoms with E-state index in [0.717, 1.165) is 28.8 Å². The summed E-state index contributed by atoms with van der Waals surface area (Å²) in [4.78, 5) is 19.9. The van der Waals surface area contributed by atoms with Crippen LogP contribution in [-0.2, 0) is 13.1 Å². The quantitative estimate of drug-likeness (QED) is 0.653. The molecule has 7 heteroatoms. The van der Waals surface area contributed by atoms with Gasteiger partial charge in [-0.1, -0.05) is 55.8 Å². The summed E-state index contributed by atoms with van der Waals surface area (Å²) < 4.78 is 1.40. The minimum absolute atomic E-state index is 0.120. The minimum Gasteiger partial charge on any atom is -0.294 e. The molecule has 0 bridgehead atoms. The zero-order valence-corrected chi connectivity index (χ0v) is 16.1. The van der Waals surface area contributed by atoms with Crippen LogP contribution in [-0.4, -0.2) is 26.0 Å². The first-order chi connectivity index (χ1) is 12.0. The highest BCUT2D eigenvalue weighted by Crippen LogP contribution is 2.20. The fourth-order valence-electron chi connectivity index (χ4n) is 2.54. The molecule has 0 aliphatic carbocycles. The van der Waals surface area contributed by atoms with E-state index in [-0.39, 0.29) is 11.5 Å². The van der Waals surface area contributed by atoms with Crippen LogP contribution in [0, 0.1) is 0 Å². The van der Waals surface area contributed by atoms with Crippen molar-refractivity contribution in [1.29, 1.82) is 0 Å². The van der Waals surface area contributed by atoms with E-state index in [9.17, 15) is 4.79 Å². The van der Waals surface area contributed by atoms with Gasteiger partial charge in [-0.05, 0) is 24.2 Å². The van der Waals surface area contributed by atoms with Gasteiger partial charge in [-0.2, -0.15) is 9.61 Å². The molecule has 0 atom stereocenters. The lowest BCUT2D eigenvalue weighted by atomic mass is 10.2. The molecule has 0 unspecified atom stereocenters. The zero-order chi connectivity index (χ0) is 18.0. The van der Waals surface area contributed by atoms with Crippen LogP contribution in [0.3, 0.4) is 0 Å². The molecule has 0 aliphatic heterocycles. The van der Waals surface area contributed by atoms with Crippen molar-refractivity contribution in [3.63, 3.8) is 0 Å². The van der Waals surface area contributed by atoms with Crippen LogP contribution in [0.2, 0.25) is 5.02 Å². The highest BCUT2D eigenvalue weighted by molar-refractivity contribution is 7.16. The predicted molar refractivity (Wildman–Crippen MR) is 102 cm³/mol. The van der Waals surface area contributed by atoms with Crippen molar-refractivity contribution in [3.8, 4) is 0 Å². The Labute approximate surface area is 155 Å². The van der Waals surface area contributed by atoms with Crippen LogP contribution in [0.15, 0.2) is 35.1 Å². The molecule has 25 heavy (non-hydrogen) atoms. The van der Waals surface area contributed by atoms with E-state index >= 15 is 0 Å². The van der Waals surface area contributed by atoms with E-state index in [2.05, 4.69) is 35.8 Å². The van der Waals surface area contributed by atoms with Crippen LogP contribution in [0.25, 0.3) is 4.96 Å². The molecule has 0 radical (unpaired) electrons. The largest absolute Gasteiger partial charge is 0.294 e. The molecule has 1 aromatic carbocycles. The van der Waals surface area contributed by atoms with Gasteiger partial charge in [0.1, 0.15) is 5.01 Å². The summed E-state index contributed by atoms with van der Waals surface area (Å²) in [6.45, 7) is 8.51. The first-order valence-electron chi connectivity index (χ1n) is 8.32. The van der Waals surface area contributed by atoms with Crippen LogP contribution < -0.4 is 5.56 Å². The first-order valence-corrected chi connectivity index (χ1v) is 9.52. The van der Waals surface area contributed by atoms with Crippen molar-refractivity contribution in [2.24, 2.45) is 0 Å². The monoisotopic (exact) mass is 376 g/mol. The molecule has 0 aliphatic rings. The Morgan fingerprint density at radius 3 is 2.60 bits per heavy atom. The number of hydrogen-bond donors (Lipinski definition) is 0. The van der Waals surface area contributed by atoms with Gasteiger partial charge in [0, 0.05) is 30.1 Å². The number of rotatable bonds is 6. The second-order valence-electron chi connectivity index (χ2n) is 6.30. The zero-order valence-electron chi connectivity index (χ0n) is 14.6. The van der Waals surface area contributed by atoms with Gasteiger partial charge >= 0.3 is 0 Å². The van der Waals surface area contributed by atoms with Crippen molar-refractivity contribution in [1.82, 2.24) is 19.5 Å². The molecule has 132 valence electrons. The lowest BCUT2D eigenvalue weighted by molar-refractivity contribution is 0.268. The van der Waals surface area contributed by atoms with E-state index in [1.165, 1.54) is 21.4 Å². The molecule has 3 rings (SSSR count). The van der Waals surface area contributed by atoms with Gasteiger partial charge in [-0.25, -0.2) is 4.98 Å². The number of aromatic nitrogens is 3. The van der Waals surface area contributed by atoms with Gasteiger partial charge in [0.2, 0.25) is 4.96 Å². The van der Waals surface area contributed by atoms with E-state index in [1.54, 1.807) is 6.07 Å². The molecule has 5 nitrogen and oxygen atoms in total. The van der Waals surface area contributed by atoms with Crippen LogP contribution >= 0.6 is 22.9 Å². The molecule has 0 spiro atoms. The maximum Gasteiger partial charge on any atom is 0.275 e. The molecule has 2 heterocycles. The summed E-state index contributed by atoms with van der Waals surface area (Å²) in [5.74, 6) is 0.284. The number of nitrogens with zero attached hydrogens (tertiary/aromatic N) is 4. The summed E-state index contributed by atoms with van der Waals surface area (Å²) in [6, 6.07) is 9.42. The number of fused-ring (bicyclic) bond motifs is 1. The van der Waals surface area contributed by atoms with Crippen molar-refractivity contribution in [3.05, 3.63) is 62.0 Å². The van der Waals surface area contributed by atoms with Crippen LogP contribution in [0.5, 0.6) is 0 Å². The molecular weight excluding hydrogens is 356 g/mol. The molecule has 2 aromatic heterocycles. The topological polar surface area (TPSA) is 50.5 Å². The predicted octanol–water partition coefficient (Wildman–Crippen LogP) is 3.95. The Kier molecular flexibility index (Phi) is 5.51. The number of halogens is 1. The normalized spacial score (nSPS) is 11.8. The van der Waals surface area contributed by atoms with Gasteiger partial charge in [0.15, 0.2) is 0 Å². The maximum absolute atomic E-state index is 12.3. The Morgan fingerprint density at radius 2 is 1.96 bits per heavy atom. The van der Waals surface area contributed by atoms with Crippen molar-refractivity contribution in [2.45, 2.75) is 39.8 Å². The highest BCUT2D eigenvalue weighted by Gasteiger charge is 2.13. The van der Waals surface area contributed by atoms with Gasteiger partial charge in [0.05, 0.1) is 5.69 Å². The average molecular weight is 377 g/mol. The van der Waals surface area contributed by atoms with E-state index in [0.29, 0.717) is 11.5 Å². The third-order valence-electron chi connectivity index (χ3n) is 3.96. The van der Waals surface area contributed by atoms with Crippen LogP contribution in [0.1, 0.15) is 43.0 Å². The lowest BCUT2D eigenvalue weighted by Crippen LogP contribution is -2.25. The molecule has 0 saturated carbocycles. The summed E-state index contributed by atoms with van der Waals surface area (Å²) >= 11 is 7.43. The van der Waals surface area contributed by atoms with Crippen molar-refractivity contribution in [2.75, 3.05) is 6.54 Å². The number of benzene rings is 1. The average Bonchev–Trinajstić information content (AvgIpc) is 3.01. The third kappa shape index (κ3) is 4.26. The van der Waals surface area contributed by atoms with E-state index in [4.69, 9.17) is 11.6 Å². The first kappa shape index (κ1) is 18.0. The number of hydrogen-bond acceptors (Lipinski definition) is 5. The Morgan fingerprint density at radius 1 is 1.24 bits per heavy atom. The van der Waals surface area contributed by atoms with Crippen molar-refractivity contribution < 1.29 is 0 Å². The summed E-state index contributed by atoms with van der Waals surface area (Å²) in [6.07, 6.45) is 0. The molecular formula is C18H21ClN4OS. The van der Waals surface area contributed by atoms with Gasteiger partial charge in [0.25, 0.3) is 5.56 Å². The van der Waals surface area contributed by atoms with Gasteiger partial charge < -0.3 is 0 Å². The summed E-state index contributed by atoms with van der Waals surface area (Å²) in [5, 5.41) is 6.02. The van der Waals surface area contributed by atoms with Crippen LogP contribution in [0.4, 0.5) is 0 Å². The molecule has 0 N–H and O–H groups in total. The van der Waals surface area contributed by atoms with E-state index < -0.39 is 0 Å². The Bertz CT molecular complexity index is 917. The van der Waals surface area contributed by atoms with Gasteiger partial charge in [-0.15, -0.1) is 0 Å². The molecule has 0 amide bonds. The Hall–Kier alpha value is -1.76. The summed E-state index contributed by atoms with van der Waals surface area (Å²) in [5.41, 5.74) is 1.84. The minimum atomic E-state index is -0.120. The lowest BCUT2D eigenvalue weighted by Gasteiger charge is -2.20. The fraction of sp³-hybridized carbons (Fsp3) is 0.389. The Balaban J connectivity index is 1.82. The molecule has 0 fully saturated rings. The molecule has 0 saturated heterocycles. The second-order valence-corrected chi connectivity index (χ2v) is 7.73. The smallest absolute Gasteiger partial charge is 0.275 e. The van der Waals surface area contributed by atoms with E-state index in [1.807, 2.05) is 24.3 Å². The highest BCUT2D eigenvalue weighted by atomic mass is 35.5. The maximum atomic E-state index is 12.3. The standard InChI is InChI=1S/C18H21ClN4OS/c1-4-22(10-13-5-7-14(19)8-6-13)11-15-9-16(24)23-18(20-15)25-17(21-23)12(2)3/h5-9,12H,4,10-11H2,1-3H3. The SMILES string of the molecule is CCN(Cc1ccc(Cl)cc1)Cc1cc(=O)n2nc(C(C)C)sc2n1. The van der Waals surface area contributed by atoms with Gasteiger partial charge in [-0.3, -0.25) is 9.69 Å².